The van der Waals surface area contributed by atoms with E-state index >= 15 is 4.39 Å². The molecule has 1 N–H and O–H groups in total. The van der Waals surface area contributed by atoms with E-state index < -0.39 is 25.0 Å². The van der Waals surface area contributed by atoms with Crippen molar-refractivity contribution in [2.45, 2.75) is 27.3 Å². The molecular weight excluding hydrogens is 428 g/mol. The summed E-state index contributed by atoms with van der Waals surface area (Å²) in [4.78, 5) is 26.4. The molecule has 0 bridgehead atoms. The lowest BCUT2D eigenvalue weighted by Gasteiger charge is -2.38. The summed E-state index contributed by atoms with van der Waals surface area (Å²) in [5.74, 6) is -1.89. The quantitative estimate of drug-likeness (QED) is 0.664. The molecule has 9 nitrogen and oxygen atoms in total. The van der Waals surface area contributed by atoms with E-state index in [1.165, 1.54) is 21.1 Å². The minimum Gasteiger partial charge on any atom is -0.477 e. The molecule has 0 amide bonds. The predicted octanol–water partition coefficient (Wildman–Crippen LogP) is 3.00. The topological polar surface area (TPSA) is 101 Å². The smallest absolute Gasteiger partial charge is 0.407 e. The summed E-state index contributed by atoms with van der Waals surface area (Å²) in [7, 11) is -0.724. The number of hydrogen-bond acceptors (Lipinski definition) is 6. The monoisotopic (exact) mass is 455 g/mol. The summed E-state index contributed by atoms with van der Waals surface area (Å²) in [5.41, 5.74) is 0.232. The zero-order valence-electron chi connectivity index (χ0n) is 18.3. The third-order valence-electron chi connectivity index (χ3n) is 5.90. The van der Waals surface area contributed by atoms with E-state index in [1.807, 2.05) is 11.8 Å². The average Bonchev–Trinajstić information content (AvgIpc) is 2.75. The third kappa shape index (κ3) is 3.78. The first-order valence-electron chi connectivity index (χ1n) is 9.92. The molecule has 31 heavy (non-hydrogen) atoms. The molecule has 1 fully saturated rings. The number of anilines is 1. The van der Waals surface area contributed by atoms with Crippen molar-refractivity contribution in [2.24, 2.45) is 0 Å². The number of halogens is 1. The second kappa shape index (κ2) is 8.70. The molecule has 1 aromatic heterocycles. The van der Waals surface area contributed by atoms with Crippen LogP contribution < -0.4 is 10.3 Å². The Morgan fingerprint density at radius 2 is 1.77 bits per heavy atom. The molecule has 0 saturated carbocycles. The minimum absolute atomic E-state index is 0.0769. The molecule has 11 heteroatoms. The maximum absolute atomic E-state index is 15.4. The van der Waals surface area contributed by atoms with Gasteiger partial charge in [0.15, 0.2) is 0 Å². The highest BCUT2D eigenvalue weighted by atomic mass is 31.2. The van der Waals surface area contributed by atoms with E-state index in [4.69, 9.17) is 9.05 Å². The van der Waals surface area contributed by atoms with Crippen LogP contribution >= 0.6 is 7.75 Å². The van der Waals surface area contributed by atoms with Gasteiger partial charge in [-0.3, -0.25) is 13.8 Å². The highest BCUT2D eigenvalue weighted by Gasteiger charge is 2.35. The highest BCUT2D eigenvalue weighted by molar-refractivity contribution is 7.51. The molecule has 0 atom stereocenters. The van der Waals surface area contributed by atoms with E-state index in [0.29, 0.717) is 49.6 Å². The van der Waals surface area contributed by atoms with Crippen molar-refractivity contribution in [2.75, 3.05) is 45.3 Å². The van der Waals surface area contributed by atoms with Crippen molar-refractivity contribution >= 4 is 30.3 Å². The van der Waals surface area contributed by atoms with Crippen LogP contribution in [0.3, 0.4) is 0 Å². The highest BCUT2D eigenvalue weighted by Crippen LogP contribution is 2.50. The number of benzene rings is 1. The molecule has 1 aliphatic heterocycles. The Balaban J connectivity index is 2.11. The molecule has 0 aliphatic carbocycles. The van der Waals surface area contributed by atoms with Crippen LogP contribution in [0.25, 0.3) is 10.9 Å². The molecule has 1 aromatic carbocycles. The fourth-order valence-corrected chi connectivity index (χ4v) is 5.52. The summed E-state index contributed by atoms with van der Waals surface area (Å²) in [5, 5.41) is 9.59. The Hall–Kier alpha value is -2.26. The number of pyridine rings is 1. The fourth-order valence-electron chi connectivity index (χ4n) is 4.24. The zero-order chi connectivity index (χ0) is 23.1. The van der Waals surface area contributed by atoms with Gasteiger partial charge in [0, 0.05) is 58.2 Å². The second-order valence-electron chi connectivity index (χ2n) is 7.34. The molecule has 0 unspecified atom stereocenters. The third-order valence-corrected chi connectivity index (χ3v) is 7.92. The van der Waals surface area contributed by atoms with Crippen LogP contribution in [-0.4, -0.2) is 60.7 Å². The Labute approximate surface area is 179 Å². The van der Waals surface area contributed by atoms with E-state index in [2.05, 4.69) is 0 Å². The predicted molar refractivity (Wildman–Crippen MR) is 116 cm³/mol. The van der Waals surface area contributed by atoms with Crippen LogP contribution in [0.5, 0.6) is 0 Å². The number of aromatic nitrogens is 1. The summed E-state index contributed by atoms with van der Waals surface area (Å²) in [6.45, 7) is 6.77. The van der Waals surface area contributed by atoms with Crippen LogP contribution in [0.15, 0.2) is 10.9 Å². The molecule has 170 valence electrons. The lowest BCUT2D eigenvalue weighted by Crippen LogP contribution is -2.45. The molecule has 2 heterocycles. The van der Waals surface area contributed by atoms with Crippen LogP contribution in [0.2, 0.25) is 0 Å². The largest absolute Gasteiger partial charge is 0.477 e. The van der Waals surface area contributed by atoms with Gasteiger partial charge in [-0.05, 0) is 26.8 Å². The van der Waals surface area contributed by atoms with Gasteiger partial charge in [-0.1, -0.05) is 0 Å². The van der Waals surface area contributed by atoms with Crippen LogP contribution in [-0.2, 0) is 20.2 Å². The molecule has 0 radical (unpaired) electrons. The van der Waals surface area contributed by atoms with E-state index in [9.17, 15) is 19.3 Å². The summed E-state index contributed by atoms with van der Waals surface area (Å²) in [6.07, 6.45) is 0. The lowest BCUT2D eigenvalue weighted by molar-refractivity contribution is 0.0694. The number of piperazine rings is 1. The molecular formula is C20H27FN3O6P. The van der Waals surface area contributed by atoms with Crippen molar-refractivity contribution in [1.82, 2.24) is 9.24 Å². The van der Waals surface area contributed by atoms with Crippen molar-refractivity contribution in [1.29, 1.82) is 0 Å². The van der Waals surface area contributed by atoms with Crippen molar-refractivity contribution in [3.05, 3.63) is 38.9 Å². The van der Waals surface area contributed by atoms with Crippen molar-refractivity contribution < 1.29 is 27.9 Å². The van der Waals surface area contributed by atoms with Crippen LogP contribution in [0, 0.1) is 19.7 Å². The number of fused-ring (bicyclic) bond motifs is 1. The van der Waals surface area contributed by atoms with Gasteiger partial charge >= 0.3 is 13.7 Å². The number of carbonyl (C=O) groups is 1. The summed E-state index contributed by atoms with van der Waals surface area (Å²) in [6, 6.07) is 1.60. The van der Waals surface area contributed by atoms with Crippen LogP contribution in [0.4, 0.5) is 10.1 Å². The molecule has 0 spiro atoms. The van der Waals surface area contributed by atoms with Gasteiger partial charge in [-0.2, -0.15) is 0 Å². The SMILES string of the molecule is CCn1c(C)c(C(=O)O)c(=O)c2c(C)c(F)c(N3CCN(P(=O)(OC)OC)CC3)cc21. The first-order valence-corrected chi connectivity index (χ1v) is 11.4. The number of carboxylic acids is 1. The minimum atomic E-state index is -3.36. The van der Waals surface area contributed by atoms with Crippen molar-refractivity contribution in [3.63, 3.8) is 0 Å². The number of rotatable bonds is 6. The Morgan fingerprint density at radius 1 is 1.19 bits per heavy atom. The molecule has 1 aliphatic rings. The van der Waals surface area contributed by atoms with Gasteiger partial charge in [-0.25, -0.2) is 18.4 Å². The lowest BCUT2D eigenvalue weighted by atomic mass is 10.0. The maximum Gasteiger partial charge on any atom is 0.407 e. The molecule has 2 aromatic rings. The summed E-state index contributed by atoms with van der Waals surface area (Å²) >= 11 is 0. The molecule has 1 saturated heterocycles. The number of hydrogen-bond donors (Lipinski definition) is 1. The average molecular weight is 455 g/mol. The first-order chi connectivity index (χ1) is 14.6. The number of aryl methyl sites for hydroxylation is 2. The zero-order valence-corrected chi connectivity index (χ0v) is 19.2. The Morgan fingerprint density at radius 3 is 2.26 bits per heavy atom. The molecule has 3 rings (SSSR count). The number of carboxylic acid groups (broad SMARTS) is 1. The maximum atomic E-state index is 15.4. The first kappa shape index (κ1) is 23.4. The van der Waals surface area contributed by atoms with Gasteiger partial charge in [0.05, 0.1) is 16.6 Å². The fraction of sp³-hybridized carbons (Fsp3) is 0.500. The van der Waals surface area contributed by atoms with Crippen LogP contribution in [0.1, 0.15) is 28.5 Å². The number of nitrogens with zero attached hydrogens (tertiary/aromatic N) is 3. The van der Waals surface area contributed by atoms with Gasteiger partial charge in [0.2, 0.25) is 5.43 Å². The van der Waals surface area contributed by atoms with E-state index in [0.717, 1.165) is 0 Å². The van der Waals surface area contributed by atoms with E-state index in [-0.39, 0.29) is 16.5 Å². The normalized spacial score (nSPS) is 15.6. The van der Waals surface area contributed by atoms with Gasteiger partial charge in [-0.15, -0.1) is 0 Å². The second-order valence-corrected chi connectivity index (χ2v) is 9.58. The van der Waals surface area contributed by atoms with Gasteiger partial charge in [0.1, 0.15) is 11.4 Å². The standard InChI is InChI=1S/C20H27FN3O6P/c1-6-24-13(3)17(20(26)27)19(25)16-12(2)18(21)15(11-14(16)24)22-7-9-23(10-8-22)31(28,29-4)30-5/h11H,6-10H2,1-5H3,(H,26,27). The van der Waals surface area contributed by atoms with E-state index in [1.54, 1.807) is 22.2 Å². The Kier molecular flexibility index (Phi) is 6.57. The van der Waals surface area contributed by atoms with Gasteiger partial charge in [0.25, 0.3) is 0 Å². The Bertz CT molecular complexity index is 1130. The van der Waals surface area contributed by atoms with Gasteiger partial charge < -0.3 is 14.6 Å². The van der Waals surface area contributed by atoms with Crippen molar-refractivity contribution in [3.8, 4) is 0 Å². The summed E-state index contributed by atoms with van der Waals surface area (Å²) < 4.78 is 41.4. The number of aromatic carboxylic acids is 1.